The number of fused-ring (bicyclic) bond motifs is 1. The number of aromatic amines is 1. The number of nitrogens with one attached hydrogen (secondary N) is 3. The maximum atomic E-state index is 11.9. The van der Waals surface area contributed by atoms with Gasteiger partial charge in [-0.1, -0.05) is 12.1 Å². The first-order valence-corrected chi connectivity index (χ1v) is 7.20. The highest BCUT2D eigenvalue weighted by Crippen LogP contribution is 2.07. The molecular weight excluding hydrogens is 268 g/mol. The van der Waals surface area contributed by atoms with Crippen LogP contribution in [0.1, 0.15) is 18.5 Å². The number of carbonyl (C=O) groups is 1. The second-order valence-corrected chi connectivity index (χ2v) is 5.29. The van der Waals surface area contributed by atoms with E-state index >= 15 is 0 Å². The zero-order valence-corrected chi connectivity index (χ0v) is 11.7. The Morgan fingerprint density at radius 3 is 3.05 bits per heavy atom. The van der Waals surface area contributed by atoms with E-state index in [1.165, 1.54) is 0 Å². The summed E-state index contributed by atoms with van der Waals surface area (Å²) in [5.41, 5.74) is 1.65. The molecule has 1 atom stereocenters. The summed E-state index contributed by atoms with van der Waals surface area (Å²) in [5, 5.41) is 6.16. The Balaban J connectivity index is 1.65. The third-order valence-corrected chi connectivity index (χ3v) is 3.68. The Labute approximate surface area is 122 Å². The average Bonchev–Trinajstić information content (AvgIpc) is 2.98. The average molecular weight is 286 g/mol. The Hall–Kier alpha value is -2.21. The van der Waals surface area contributed by atoms with E-state index in [0.29, 0.717) is 17.6 Å². The smallest absolute Gasteiger partial charge is 0.270 e. The lowest BCUT2D eigenvalue weighted by Gasteiger charge is -2.10. The van der Waals surface area contributed by atoms with Crippen molar-refractivity contribution in [1.82, 2.24) is 20.6 Å². The van der Waals surface area contributed by atoms with E-state index < -0.39 is 0 Å². The standard InChI is InChI=1S/C15H18N4O2/c20-14(17-10-7-8-16-9-10)6-5-13-15(21)19-12-4-2-1-3-11(12)18-13/h1-4,10,16H,5-9H2,(H,17,20)(H,19,21). The minimum Gasteiger partial charge on any atom is -0.352 e. The number of benzene rings is 1. The number of nitrogens with zero attached hydrogens (tertiary/aromatic N) is 1. The summed E-state index contributed by atoms with van der Waals surface area (Å²) in [6.07, 6.45) is 1.59. The van der Waals surface area contributed by atoms with Crippen molar-refractivity contribution in [1.29, 1.82) is 0 Å². The first-order valence-electron chi connectivity index (χ1n) is 7.20. The monoisotopic (exact) mass is 286 g/mol. The van der Waals surface area contributed by atoms with Gasteiger partial charge in [-0.2, -0.15) is 0 Å². The van der Waals surface area contributed by atoms with Crippen LogP contribution < -0.4 is 16.2 Å². The fourth-order valence-corrected chi connectivity index (χ4v) is 2.55. The van der Waals surface area contributed by atoms with E-state index in [4.69, 9.17) is 0 Å². The van der Waals surface area contributed by atoms with Gasteiger partial charge in [0.25, 0.3) is 5.56 Å². The number of amides is 1. The SMILES string of the molecule is O=C(CCc1nc2ccccc2[nH]c1=O)NC1CCNC1. The molecule has 3 rings (SSSR count). The van der Waals surface area contributed by atoms with Crippen LogP contribution in [-0.2, 0) is 11.2 Å². The van der Waals surface area contributed by atoms with E-state index in [1.807, 2.05) is 24.3 Å². The van der Waals surface area contributed by atoms with Gasteiger partial charge < -0.3 is 15.6 Å². The molecule has 3 N–H and O–H groups in total. The molecule has 2 aromatic rings. The summed E-state index contributed by atoms with van der Waals surface area (Å²) in [6.45, 7) is 1.76. The zero-order chi connectivity index (χ0) is 14.7. The van der Waals surface area contributed by atoms with Crippen LogP contribution >= 0.6 is 0 Å². The molecule has 1 aromatic heterocycles. The molecule has 1 unspecified atom stereocenters. The van der Waals surface area contributed by atoms with Crippen molar-refractivity contribution in [3.05, 3.63) is 40.3 Å². The fraction of sp³-hybridized carbons (Fsp3) is 0.400. The molecule has 1 fully saturated rings. The van der Waals surface area contributed by atoms with Crippen LogP contribution in [0.25, 0.3) is 11.0 Å². The maximum absolute atomic E-state index is 11.9. The number of carbonyl (C=O) groups excluding carboxylic acids is 1. The highest BCUT2D eigenvalue weighted by atomic mass is 16.1. The number of hydrogen-bond donors (Lipinski definition) is 3. The summed E-state index contributed by atoms with van der Waals surface area (Å²) in [5.74, 6) is -0.0296. The Morgan fingerprint density at radius 1 is 1.38 bits per heavy atom. The first kappa shape index (κ1) is 13.8. The molecule has 21 heavy (non-hydrogen) atoms. The highest BCUT2D eigenvalue weighted by Gasteiger charge is 2.16. The van der Waals surface area contributed by atoms with Crippen LogP contribution in [0.4, 0.5) is 0 Å². The second-order valence-electron chi connectivity index (χ2n) is 5.29. The quantitative estimate of drug-likeness (QED) is 0.756. The van der Waals surface area contributed by atoms with Crippen molar-refractivity contribution in [3.63, 3.8) is 0 Å². The molecule has 6 heteroatoms. The summed E-state index contributed by atoms with van der Waals surface area (Å²) in [4.78, 5) is 30.9. The molecule has 0 saturated carbocycles. The van der Waals surface area contributed by atoms with Crippen molar-refractivity contribution in [2.45, 2.75) is 25.3 Å². The van der Waals surface area contributed by atoms with Crippen LogP contribution in [0.2, 0.25) is 0 Å². The predicted molar refractivity (Wildman–Crippen MR) is 80.1 cm³/mol. The molecular formula is C15H18N4O2. The van der Waals surface area contributed by atoms with Crippen LogP contribution in [0, 0.1) is 0 Å². The minimum atomic E-state index is -0.218. The van der Waals surface area contributed by atoms with Crippen LogP contribution in [0.3, 0.4) is 0 Å². The largest absolute Gasteiger partial charge is 0.352 e. The molecule has 1 aromatic carbocycles. The van der Waals surface area contributed by atoms with E-state index in [-0.39, 0.29) is 23.9 Å². The molecule has 1 saturated heterocycles. The molecule has 1 aliphatic rings. The Bertz CT molecular complexity index is 704. The number of aryl methyl sites for hydroxylation is 1. The zero-order valence-electron chi connectivity index (χ0n) is 11.7. The lowest BCUT2D eigenvalue weighted by atomic mass is 10.2. The maximum Gasteiger partial charge on any atom is 0.270 e. The number of para-hydroxylation sites is 2. The van der Waals surface area contributed by atoms with Crippen molar-refractivity contribution in [2.24, 2.45) is 0 Å². The molecule has 110 valence electrons. The van der Waals surface area contributed by atoms with Crippen LogP contribution in [0.5, 0.6) is 0 Å². The van der Waals surface area contributed by atoms with Gasteiger partial charge in [-0.15, -0.1) is 0 Å². The summed E-state index contributed by atoms with van der Waals surface area (Å²) >= 11 is 0. The molecule has 0 spiro atoms. The van der Waals surface area contributed by atoms with E-state index in [9.17, 15) is 9.59 Å². The molecule has 1 amide bonds. The molecule has 0 radical (unpaired) electrons. The molecule has 2 heterocycles. The first-order chi connectivity index (χ1) is 10.2. The van der Waals surface area contributed by atoms with Gasteiger partial charge in [-0.3, -0.25) is 9.59 Å². The van der Waals surface area contributed by atoms with Crippen LogP contribution in [-0.4, -0.2) is 35.0 Å². The van der Waals surface area contributed by atoms with Crippen molar-refractivity contribution >= 4 is 16.9 Å². The Morgan fingerprint density at radius 2 is 2.24 bits per heavy atom. The van der Waals surface area contributed by atoms with E-state index in [0.717, 1.165) is 25.0 Å². The van der Waals surface area contributed by atoms with Gasteiger partial charge in [-0.05, 0) is 25.1 Å². The fourth-order valence-electron chi connectivity index (χ4n) is 2.55. The topological polar surface area (TPSA) is 86.9 Å². The molecule has 0 bridgehead atoms. The summed E-state index contributed by atoms with van der Waals surface area (Å²) in [7, 11) is 0. The minimum absolute atomic E-state index is 0.0296. The second kappa shape index (κ2) is 6.05. The lowest BCUT2D eigenvalue weighted by Crippen LogP contribution is -2.36. The van der Waals surface area contributed by atoms with Gasteiger partial charge >= 0.3 is 0 Å². The van der Waals surface area contributed by atoms with Crippen molar-refractivity contribution in [2.75, 3.05) is 13.1 Å². The van der Waals surface area contributed by atoms with Gasteiger partial charge in [0.15, 0.2) is 0 Å². The van der Waals surface area contributed by atoms with Crippen LogP contribution in [0.15, 0.2) is 29.1 Å². The highest BCUT2D eigenvalue weighted by molar-refractivity contribution is 5.77. The van der Waals surface area contributed by atoms with Gasteiger partial charge in [-0.25, -0.2) is 4.98 Å². The lowest BCUT2D eigenvalue weighted by molar-refractivity contribution is -0.121. The van der Waals surface area contributed by atoms with Gasteiger partial charge in [0.05, 0.1) is 11.0 Å². The number of rotatable bonds is 4. The normalized spacial score (nSPS) is 18.0. The van der Waals surface area contributed by atoms with Crippen molar-refractivity contribution < 1.29 is 4.79 Å². The van der Waals surface area contributed by atoms with Gasteiger partial charge in [0.1, 0.15) is 5.69 Å². The van der Waals surface area contributed by atoms with Crippen molar-refractivity contribution in [3.8, 4) is 0 Å². The number of hydrogen-bond acceptors (Lipinski definition) is 4. The Kier molecular flexibility index (Phi) is 3.96. The molecule has 1 aliphatic heterocycles. The molecule has 0 aliphatic carbocycles. The van der Waals surface area contributed by atoms with E-state index in [2.05, 4.69) is 20.6 Å². The summed E-state index contributed by atoms with van der Waals surface area (Å²) in [6, 6.07) is 7.59. The molecule has 6 nitrogen and oxygen atoms in total. The van der Waals surface area contributed by atoms with Gasteiger partial charge in [0.2, 0.25) is 5.91 Å². The number of H-pyrrole nitrogens is 1. The summed E-state index contributed by atoms with van der Waals surface area (Å²) < 4.78 is 0. The third-order valence-electron chi connectivity index (χ3n) is 3.68. The third kappa shape index (κ3) is 3.28. The number of aromatic nitrogens is 2. The predicted octanol–water partition coefficient (Wildman–Crippen LogP) is 0.334. The van der Waals surface area contributed by atoms with E-state index in [1.54, 1.807) is 0 Å². The van der Waals surface area contributed by atoms with Gasteiger partial charge in [0, 0.05) is 25.4 Å².